The van der Waals surface area contributed by atoms with E-state index in [0.717, 1.165) is 5.56 Å². The van der Waals surface area contributed by atoms with Crippen molar-refractivity contribution < 1.29 is 14.4 Å². The van der Waals surface area contributed by atoms with E-state index >= 15 is 0 Å². The number of carbonyl (C=O) groups is 3. The lowest BCUT2D eigenvalue weighted by Gasteiger charge is -2.12. The molecule has 2 heterocycles. The highest BCUT2D eigenvalue weighted by atomic mass is 16.2. The van der Waals surface area contributed by atoms with Gasteiger partial charge < -0.3 is 15.6 Å². The Morgan fingerprint density at radius 3 is 2.35 bits per heavy atom. The predicted molar refractivity (Wildman–Crippen MR) is 120 cm³/mol. The number of carbonyl (C=O) groups excluding carboxylic acids is 3. The van der Waals surface area contributed by atoms with Gasteiger partial charge in [-0.25, -0.2) is 4.98 Å². The van der Waals surface area contributed by atoms with E-state index in [0.29, 0.717) is 39.2 Å². The molecule has 31 heavy (non-hydrogen) atoms. The molecule has 0 saturated heterocycles. The van der Waals surface area contributed by atoms with E-state index in [1.807, 2.05) is 19.1 Å². The van der Waals surface area contributed by atoms with Crippen LogP contribution in [-0.4, -0.2) is 27.6 Å². The van der Waals surface area contributed by atoms with Crippen LogP contribution in [-0.2, 0) is 0 Å². The summed E-state index contributed by atoms with van der Waals surface area (Å²) in [7, 11) is 0. The minimum Gasteiger partial charge on any atom is -0.337 e. The highest BCUT2D eigenvalue weighted by Crippen LogP contribution is 2.22. The third-order valence-corrected chi connectivity index (χ3v) is 4.89. The number of benzene rings is 2. The average Bonchev–Trinajstić information content (AvgIpc) is 3.20. The second-order valence-corrected chi connectivity index (χ2v) is 7.21. The Balaban J connectivity index is 1.54. The first kappa shape index (κ1) is 20.0. The molecule has 0 bridgehead atoms. The molecule has 4 rings (SSSR count). The Morgan fingerprint density at radius 1 is 0.871 bits per heavy atom. The number of fused-ring (bicyclic) bond motifs is 1. The van der Waals surface area contributed by atoms with Crippen LogP contribution >= 0.6 is 0 Å². The standard InChI is InChI=1S/C24H20N4O3/c1-14-8-9-19(26-23(30)16-6-4-3-5-7-16)12-20(14)28-24(31)18-10-17-11-21(15(2)29)27-22(17)25-13-18/h3-13H,1-2H3,(H,25,27)(H,26,30)(H,28,31). The fourth-order valence-corrected chi connectivity index (χ4v) is 3.15. The van der Waals surface area contributed by atoms with Crippen molar-refractivity contribution in [1.82, 2.24) is 9.97 Å². The Hall–Kier alpha value is -4.26. The highest BCUT2D eigenvalue weighted by molar-refractivity contribution is 6.08. The molecule has 0 aliphatic carbocycles. The van der Waals surface area contributed by atoms with E-state index in [1.165, 1.54) is 13.1 Å². The van der Waals surface area contributed by atoms with Gasteiger partial charge in [-0.15, -0.1) is 0 Å². The third-order valence-electron chi connectivity index (χ3n) is 4.89. The average molecular weight is 412 g/mol. The van der Waals surface area contributed by atoms with Gasteiger partial charge in [0.15, 0.2) is 5.78 Å². The van der Waals surface area contributed by atoms with Gasteiger partial charge in [-0.3, -0.25) is 14.4 Å². The van der Waals surface area contributed by atoms with Crippen LogP contribution in [0.1, 0.15) is 43.7 Å². The van der Waals surface area contributed by atoms with E-state index in [2.05, 4.69) is 20.6 Å². The molecule has 0 spiro atoms. The van der Waals surface area contributed by atoms with Crippen molar-refractivity contribution in [1.29, 1.82) is 0 Å². The van der Waals surface area contributed by atoms with Crippen LogP contribution in [0.15, 0.2) is 66.9 Å². The Morgan fingerprint density at radius 2 is 1.61 bits per heavy atom. The van der Waals surface area contributed by atoms with Crippen molar-refractivity contribution in [2.45, 2.75) is 13.8 Å². The van der Waals surface area contributed by atoms with Crippen molar-refractivity contribution in [3.8, 4) is 0 Å². The smallest absolute Gasteiger partial charge is 0.257 e. The molecule has 0 aliphatic heterocycles. The Labute approximate surface area is 178 Å². The molecule has 0 saturated carbocycles. The van der Waals surface area contributed by atoms with E-state index in [4.69, 9.17) is 0 Å². The number of nitrogens with zero attached hydrogens (tertiary/aromatic N) is 1. The van der Waals surface area contributed by atoms with Crippen LogP contribution < -0.4 is 10.6 Å². The third kappa shape index (κ3) is 4.35. The molecule has 2 amide bonds. The van der Waals surface area contributed by atoms with Gasteiger partial charge in [0.2, 0.25) is 0 Å². The zero-order chi connectivity index (χ0) is 22.0. The van der Waals surface area contributed by atoms with Crippen LogP contribution in [0.25, 0.3) is 11.0 Å². The number of nitrogens with one attached hydrogen (secondary N) is 3. The summed E-state index contributed by atoms with van der Waals surface area (Å²) >= 11 is 0. The number of amides is 2. The summed E-state index contributed by atoms with van der Waals surface area (Å²) in [5, 5.41) is 6.38. The molecule has 3 N–H and O–H groups in total. The molecular formula is C24H20N4O3. The first-order chi connectivity index (χ1) is 14.9. The second kappa shape index (κ2) is 8.23. The van der Waals surface area contributed by atoms with E-state index in [9.17, 15) is 14.4 Å². The summed E-state index contributed by atoms with van der Waals surface area (Å²) in [6, 6.07) is 17.6. The molecular weight excluding hydrogens is 392 g/mol. The van der Waals surface area contributed by atoms with Gasteiger partial charge in [-0.05, 0) is 48.9 Å². The maximum atomic E-state index is 12.8. The van der Waals surface area contributed by atoms with Crippen molar-refractivity contribution in [3.63, 3.8) is 0 Å². The maximum Gasteiger partial charge on any atom is 0.257 e. The van der Waals surface area contributed by atoms with Gasteiger partial charge in [0.1, 0.15) is 5.65 Å². The molecule has 7 heteroatoms. The first-order valence-electron chi connectivity index (χ1n) is 9.69. The van der Waals surface area contributed by atoms with Gasteiger partial charge in [0.05, 0.1) is 11.3 Å². The van der Waals surface area contributed by atoms with Gasteiger partial charge in [0, 0.05) is 35.4 Å². The quantitative estimate of drug-likeness (QED) is 0.417. The Kier molecular flexibility index (Phi) is 5.32. The summed E-state index contributed by atoms with van der Waals surface area (Å²) in [6.07, 6.45) is 1.45. The summed E-state index contributed by atoms with van der Waals surface area (Å²) in [4.78, 5) is 43.9. The normalized spacial score (nSPS) is 10.6. The molecule has 0 atom stereocenters. The lowest BCUT2D eigenvalue weighted by atomic mass is 10.1. The zero-order valence-corrected chi connectivity index (χ0v) is 17.0. The number of aryl methyl sites for hydroxylation is 1. The summed E-state index contributed by atoms with van der Waals surface area (Å²) in [6.45, 7) is 3.33. The first-order valence-corrected chi connectivity index (χ1v) is 9.69. The molecule has 0 radical (unpaired) electrons. The van der Waals surface area contributed by atoms with Crippen LogP contribution in [0.3, 0.4) is 0 Å². The van der Waals surface area contributed by atoms with E-state index in [-0.39, 0.29) is 17.6 Å². The van der Waals surface area contributed by atoms with Gasteiger partial charge in [0.25, 0.3) is 11.8 Å². The van der Waals surface area contributed by atoms with Crippen molar-refractivity contribution in [2.75, 3.05) is 10.6 Å². The molecule has 0 fully saturated rings. The molecule has 4 aromatic rings. The molecule has 0 aliphatic rings. The monoisotopic (exact) mass is 412 g/mol. The van der Waals surface area contributed by atoms with Crippen molar-refractivity contribution in [2.24, 2.45) is 0 Å². The molecule has 7 nitrogen and oxygen atoms in total. The van der Waals surface area contributed by atoms with Gasteiger partial charge >= 0.3 is 0 Å². The van der Waals surface area contributed by atoms with Crippen LogP contribution in [0.2, 0.25) is 0 Å². The molecule has 2 aromatic heterocycles. The highest BCUT2D eigenvalue weighted by Gasteiger charge is 2.13. The van der Waals surface area contributed by atoms with Crippen molar-refractivity contribution in [3.05, 3.63) is 89.2 Å². The number of hydrogen-bond acceptors (Lipinski definition) is 4. The molecule has 2 aromatic carbocycles. The SMILES string of the molecule is CC(=O)c1cc2cc(C(=O)Nc3cc(NC(=O)c4ccccc4)ccc3C)cnc2[nH]1. The van der Waals surface area contributed by atoms with E-state index in [1.54, 1.807) is 48.5 Å². The van der Waals surface area contributed by atoms with Gasteiger partial charge in [-0.2, -0.15) is 0 Å². The van der Waals surface area contributed by atoms with E-state index < -0.39 is 0 Å². The second-order valence-electron chi connectivity index (χ2n) is 7.21. The number of aromatic amines is 1. The number of ketones is 1. The number of H-pyrrole nitrogens is 1. The lowest BCUT2D eigenvalue weighted by molar-refractivity contribution is 0.100. The largest absolute Gasteiger partial charge is 0.337 e. The minimum atomic E-state index is -0.338. The molecule has 154 valence electrons. The fraction of sp³-hybridized carbons (Fsp3) is 0.0833. The van der Waals surface area contributed by atoms with Crippen molar-refractivity contribution >= 4 is 40.0 Å². The summed E-state index contributed by atoms with van der Waals surface area (Å²) in [5.74, 6) is -0.672. The predicted octanol–water partition coefficient (Wildman–Crippen LogP) is 4.58. The number of anilines is 2. The number of rotatable bonds is 5. The summed E-state index contributed by atoms with van der Waals surface area (Å²) < 4.78 is 0. The minimum absolute atomic E-state index is 0.103. The molecule has 0 unspecified atom stereocenters. The van der Waals surface area contributed by atoms with Crippen LogP contribution in [0, 0.1) is 6.92 Å². The van der Waals surface area contributed by atoms with Crippen LogP contribution in [0.5, 0.6) is 0 Å². The number of pyridine rings is 1. The maximum absolute atomic E-state index is 12.8. The number of Topliss-reactive ketones (excluding diaryl/α,β-unsaturated/α-hetero) is 1. The van der Waals surface area contributed by atoms with Gasteiger partial charge in [-0.1, -0.05) is 24.3 Å². The lowest BCUT2D eigenvalue weighted by Crippen LogP contribution is -2.15. The number of hydrogen-bond donors (Lipinski definition) is 3. The number of aromatic nitrogens is 2. The zero-order valence-electron chi connectivity index (χ0n) is 17.0. The fourth-order valence-electron chi connectivity index (χ4n) is 3.15. The van der Waals surface area contributed by atoms with Crippen LogP contribution in [0.4, 0.5) is 11.4 Å². The topological polar surface area (TPSA) is 104 Å². The summed E-state index contributed by atoms with van der Waals surface area (Å²) in [5.41, 5.74) is 3.89. The Bertz CT molecular complexity index is 1310.